The summed E-state index contributed by atoms with van der Waals surface area (Å²) in [6, 6.07) is 5.59. The number of halogens is 2. The van der Waals surface area contributed by atoms with Gasteiger partial charge in [0.05, 0.1) is 17.3 Å². The van der Waals surface area contributed by atoms with Gasteiger partial charge in [-0.1, -0.05) is 0 Å². The Bertz CT molecular complexity index is 1190. The van der Waals surface area contributed by atoms with Crippen LogP contribution in [0.3, 0.4) is 0 Å². The van der Waals surface area contributed by atoms with Crippen LogP contribution in [0.1, 0.15) is 25.1 Å². The monoisotopic (exact) mass is 396 g/mol. The van der Waals surface area contributed by atoms with Crippen LogP contribution in [0.4, 0.5) is 20.4 Å². The first-order valence-corrected chi connectivity index (χ1v) is 8.84. The standard InChI is InChI=1S/C20H18F2N6O/c1-11-4-17(25-10-24-11)27-18-7-16-12(8-23-18)9-26-28(16)19-14(21)5-13(6-15(19)22)20(2,3)29/h4-10,29H,1-3H3,(H,23,24,25,27). The molecule has 0 aliphatic rings. The Morgan fingerprint density at radius 3 is 2.31 bits per heavy atom. The van der Waals surface area contributed by atoms with Gasteiger partial charge in [0.25, 0.3) is 0 Å². The van der Waals surface area contributed by atoms with Crippen molar-refractivity contribution in [3.05, 3.63) is 65.9 Å². The molecule has 0 radical (unpaired) electrons. The first-order chi connectivity index (χ1) is 13.7. The third kappa shape index (κ3) is 3.64. The van der Waals surface area contributed by atoms with Crippen LogP contribution in [0.5, 0.6) is 0 Å². The summed E-state index contributed by atoms with van der Waals surface area (Å²) in [5.74, 6) is -0.677. The van der Waals surface area contributed by atoms with Crippen LogP contribution in [0.2, 0.25) is 0 Å². The van der Waals surface area contributed by atoms with E-state index in [0.29, 0.717) is 22.5 Å². The quantitative estimate of drug-likeness (QED) is 0.546. The normalized spacial score (nSPS) is 11.8. The smallest absolute Gasteiger partial charge is 0.152 e. The molecule has 0 amide bonds. The molecule has 0 unspecified atom stereocenters. The highest BCUT2D eigenvalue weighted by atomic mass is 19.1. The Morgan fingerprint density at radius 1 is 0.966 bits per heavy atom. The van der Waals surface area contributed by atoms with Crippen LogP contribution < -0.4 is 5.32 Å². The highest BCUT2D eigenvalue weighted by Gasteiger charge is 2.23. The van der Waals surface area contributed by atoms with Crippen molar-refractivity contribution in [3.63, 3.8) is 0 Å². The first-order valence-electron chi connectivity index (χ1n) is 8.84. The molecule has 0 aliphatic heterocycles. The molecule has 4 aromatic rings. The van der Waals surface area contributed by atoms with Gasteiger partial charge < -0.3 is 10.4 Å². The van der Waals surface area contributed by atoms with E-state index in [0.717, 1.165) is 17.8 Å². The summed E-state index contributed by atoms with van der Waals surface area (Å²) in [7, 11) is 0. The van der Waals surface area contributed by atoms with Gasteiger partial charge in [-0.05, 0) is 38.5 Å². The Hall–Kier alpha value is -3.46. The second kappa shape index (κ2) is 6.85. The van der Waals surface area contributed by atoms with Crippen molar-refractivity contribution in [3.8, 4) is 5.69 Å². The number of aliphatic hydroxyl groups is 1. The van der Waals surface area contributed by atoms with Gasteiger partial charge in [-0.2, -0.15) is 5.10 Å². The van der Waals surface area contributed by atoms with Crippen LogP contribution in [0, 0.1) is 18.6 Å². The Kier molecular flexibility index (Phi) is 4.46. The van der Waals surface area contributed by atoms with Gasteiger partial charge in [0.2, 0.25) is 0 Å². The average Bonchev–Trinajstić information content (AvgIpc) is 3.03. The minimum absolute atomic E-state index is 0.135. The minimum Gasteiger partial charge on any atom is -0.386 e. The molecule has 2 N–H and O–H groups in total. The van der Waals surface area contributed by atoms with E-state index in [2.05, 4.69) is 25.4 Å². The van der Waals surface area contributed by atoms with E-state index in [4.69, 9.17) is 0 Å². The fourth-order valence-electron chi connectivity index (χ4n) is 2.94. The van der Waals surface area contributed by atoms with Crippen molar-refractivity contribution in [2.75, 3.05) is 5.32 Å². The van der Waals surface area contributed by atoms with Gasteiger partial charge in [0, 0.05) is 29.4 Å². The molecule has 9 heteroatoms. The maximum Gasteiger partial charge on any atom is 0.152 e. The molecule has 7 nitrogen and oxygen atoms in total. The highest BCUT2D eigenvalue weighted by molar-refractivity contribution is 5.82. The maximum absolute atomic E-state index is 14.8. The summed E-state index contributed by atoms with van der Waals surface area (Å²) in [6.45, 7) is 4.76. The molecule has 4 rings (SSSR count). The van der Waals surface area contributed by atoms with Gasteiger partial charge in [0.1, 0.15) is 23.7 Å². The molecular formula is C20H18F2N6O. The van der Waals surface area contributed by atoms with E-state index in [-0.39, 0.29) is 11.3 Å². The third-order valence-corrected chi connectivity index (χ3v) is 4.45. The van der Waals surface area contributed by atoms with E-state index >= 15 is 0 Å². The lowest BCUT2D eigenvalue weighted by molar-refractivity contribution is 0.0778. The summed E-state index contributed by atoms with van der Waals surface area (Å²) in [4.78, 5) is 12.4. The number of pyridine rings is 1. The topological polar surface area (TPSA) is 88.8 Å². The molecule has 0 bridgehead atoms. The Balaban J connectivity index is 1.79. The van der Waals surface area contributed by atoms with Gasteiger partial charge in [-0.25, -0.2) is 28.4 Å². The fourth-order valence-corrected chi connectivity index (χ4v) is 2.94. The van der Waals surface area contributed by atoms with Crippen LogP contribution in [0.25, 0.3) is 16.6 Å². The van der Waals surface area contributed by atoms with Gasteiger partial charge in [-0.3, -0.25) is 0 Å². The molecule has 0 aliphatic carbocycles. The molecule has 29 heavy (non-hydrogen) atoms. The zero-order valence-electron chi connectivity index (χ0n) is 16.0. The molecule has 0 atom stereocenters. The first kappa shape index (κ1) is 18.9. The number of benzene rings is 1. The predicted octanol–water partition coefficient (Wildman–Crippen LogP) is 3.77. The van der Waals surface area contributed by atoms with Crippen molar-refractivity contribution >= 4 is 22.5 Å². The molecule has 3 aromatic heterocycles. The Morgan fingerprint density at radius 2 is 1.66 bits per heavy atom. The maximum atomic E-state index is 14.8. The zero-order valence-corrected chi connectivity index (χ0v) is 16.0. The highest BCUT2D eigenvalue weighted by Crippen LogP contribution is 2.29. The number of aryl methyl sites for hydroxylation is 1. The summed E-state index contributed by atoms with van der Waals surface area (Å²) in [6.07, 6.45) is 4.45. The second-order valence-corrected chi connectivity index (χ2v) is 7.20. The Labute approximate surface area is 165 Å². The minimum atomic E-state index is -1.37. The van der Waals surface area contributed by atoms with Crippen LogP contribution in [0.15, 0.2) is 43.0 Å². The largest absolute Gasteiger partial charge is 0.386 e. The number of hydrogen-bond acceptors (Lipinski definition) is 6. The average molecular weight is 396 g/mol. The van der Waals surface area contributed by atoms with Crippen molar-refractivity contribution in [1.29, 1.82) is 0 Å². The number of anilines is 2. The number of hydrogen-bond donors (Lipinski definition) is 2. The van der Waals surface area contributed by atoms with Crippen LogP contribution in [-0.4, -0.2) is 29.8 Å². The number of rotatable bonds is 4. The lowest BCUT2D eigenvalue weighted by Crippen LogP contribution is -2.17. The molecule has 0 saturated heterocycles. The third-order valence-electron chi connectivity index (χ3n) is 4.45. The molecular weight excluding hydrogens is 378 g/mol. The van der Waals surface area contributed by atoms with Crippen LogP contribution >= 0.6 is 0 Å². The van der Waals surface area contributed by atoms with E-state index in [1.165, 1.54) is 31.1 Å². The van der Waals surface area contributed by atoms with Crippen molar-refractivity contribution in [2.45, 2.75) is 26.4 Å². The summed E-state index contributed by atoms with van der Waals surface area (Å²) in [5, 5.41) is 17.8. The lowest BCUT2D eigenvalue weighted by atomic mass is 9.98. The number of nitrogens with one attached hydrogen (secondary N) is 1. The fraction of sp³-hybridized carbons (Fsp3) is 0.200. The van der Waals surface area contributed by atoms with E-state index in [1.807, 2.05) is 6.92 Å². The molecule has 0 spiro atoms. The van der Waals surface area contributed by atoms with E-state index in [9.17, 15) is 13.9 Å². The van der Waals surface area contributed by atoms with Gasteiger partial charge in [0.15, 0.2) is 11.6 Å². The second-order valence-electron chi connectivity index (χ2n) is 7.20. The summed E-state index contributed by atoms with van der Waals surface area (Å²) < 4.78 is 30.7. The number of nitrogens with zero attached hydrogens (tertiary/aromatic N) is 5. The van der Waals surface area contributed by atoms with Gasteiger partial charge in [-0.15, -0.1) is 0 Å². The number of fused-ring (bicyclic) bond motifs is 1. The van der Waals surface area contributed by atoms with Crippen molar-refractivity contribution in [2.24, 2.45) is 0 Å². The molecule has 0 fully saturated rings. The number of aromatic nitrogens is 5. The van der Waals surface area contributed by atoms with Crippen molar-refractivity contribution in [1.82, 2.24) is 24.7 Å². The van der Waals surface area contributed by atoms with E-state index < -0.39 is 17.2 Å². The molecule has 0 saturated carbocycles. The summed E-state index contributed by atoms with van der Waals surface area (Å²) >= 11 is 0. The van der Waals surface area contributed by atoms with Crippen molar-refractivity contribution < 1.29 is 13.9 Å². The molecule has 1 aromatic carbocycles. The van der Waals surface area contributed by atoms with E-state index in [1.54, 1.807) is 18.3 Å². The SMILES string of the molecule is Cc1cc(Nc2cc3c(cn2)cnn3-c2c(F)cc(C(C)(C)O)cc2F)ncn1. The summed E-state index contributed by atoms with van der Waals surface area (Å²) in [5.41, 5.74) is -0.325. The van der Waals surface area contributed by atoms with Crippen LogP contribution in [-0.2, 0) is 5.60 Å². The molecule has 148 valence electrons. The zero-order chi connectivity index (χ0) is 20.8. The lowest BCUT2D eigenvalue weighted by Gasteiger charge is -2.19. The van der Waals surface area contributed by atoms with Gasteiger partial charge >= 0.3 is 0 Å². The molecule has 3 heterocycles. The predicted molar refractivity (Wildman–Crippen MR) is 104 cm³/mol.